The van der Waals surface area contributed by atoms with E-state index in [9.17, 15) is 22.8 Å². The fraction of sp³-hybridized carbons (Fsp3) is 0.348. The van der Waals surface area contributed by atoms with Crippen LogP contribution in [0.2, 0.25) is 0 Å². The van der Waals surface area contributed by atoms with Crippen molar-refractivity contribution in [3.05, 3.63) is 59.7 Å². The molecule has 0 aromatic heterocycles. The second kappa shape index (κ2) is 8.41. The fourth-order valence-corrected chi connectivity index (χ4v) is 6.14. The Bertz CT molecular complexity index is 1260. The predicted octanol–water partition coefficient (Wildman–Crippen LogP) is 0.577. The Morgan fingerprint density at radius 3 is 2.65 bits per heavy atom. The summed E-state index contributed by atoms with van der Waals surface area (Å²) < 4.78 is 30.1. The summed E-state index contributed by atoms with van der Waals surface area (Å²) in [5, 5.41) is 7.69. The number of sulfone groups is 1. The zero-order chi connectivity index (χ0) is 23.9. The predicted molar refractivity (Wildman–Crippen MR) is 122 cm³/mol. The van der Waals surface area contributed by atoms with Gasteiger partial charge in [-0.1, -0.05) is 24.3 Å². The number of imide groups is 1. The van der Waals surface area contributed by atoms with Crippen LogP contribution in [0.15, 0.2) is 53.4 Å². The highest BCUT2D eigenvalue weighted by Gasteiger charge is 2.54. The third-order valence-corrected chi connectivity index (χ3v) is 8.25. The van der Waals surface area contributed by atoms with E-state index in [1.165, 1.54) is 0 Å². The van der Waals surface area contributed by atoms with Gasteiger partial charge in [0.1, 0.15) is 0 Å². The molecule has 178 valence electrons. The van der Waals surface area contributed by atoms with Crippen molar-refractivity contribution in [3.63, 3.8) is 0 Å². The number of nitrogens with zero attached hydrogens (tertiary/aromatic N) is 1. The van der Waals surface area contributed by atoms with Gasteiger partial charge in [0.15, 0.2) is 15.4 Å². The average molecular weight is 485 g/mol. The monoisotopic (exact) mass is 484 g/mol. The van der Waals surface area contributed by atoms with Gasteiger partial charge in [-0.3, -0.25) is 14.9 Å². The van der Waals surface area contributed by atoms with Crippen molar-refractivity contribution in [1.82, 2.24) is 16.0 Å². The minimum atomic E-state index is -3.27. The van der Waals surface area contributed by atoms with Gasteiger partial charge in [0.25, 0.3) is 11.8 Å². The molecule has 1 spiro atoms. The second-order valence-electron chi connectivity index (χ2n) is 8.65. The number of benzene rings is 2. The molecule has 0 unspecified atom stereocenters. The van der Waals surface area contributed by atoms with Crippen molar-refractivity contribution in [2.45, 2.75) is 29.4 Å². The first kappa shape index (κ1) is 22.4. The summed E-state index contributed by atoms with van der Waals surface area (Å²) in [7, 11) is -3.27. The van der Waals surface area contributed by atoms with Crippen LogP contribution < -0.4 is 20.9 Å². The van der Waals surface area contributed by atoms with Gasteiger partial charge < -0.3 is 20.3 Å². The summed E-state index contributed by atoms with van der Waals surface area (Å²) >= 11 is 0. The molecule has 2 aromatic carbocycles. The van der Waals surface area contributed by atoms with E-state index in [1.807, 2.05) is 23.1 Å². The molecule has 2 saturated heterocycles. The van der Waals surface area contributed by atoms with E-state index in [1.54, 1.807) is 30.3 Å². The molecule has 0 aliphatic carbocycles. The Morgan fingerprint density at radius 2 is 1.91 bits per heavy atom. The van der Waals surface area contributed by atoms with Gasteiger partial charge in [-0.2, -0.15) is 0 Å². The van der Waals surface area contributed by atoms with E-state index < -0.39 is 33.4 Å². The van der Waals surface area contributed by atoms with Crippen LogP contribution >= 0.6 is 0 Å². The van der Waals surface area contributed by atoms with E-state index in [0.29, 0.717) is 42.3 Å². The molecule has 2 atom stereocenters. The van der Waals surface area contributed by atoms with Crippen molar-refractivity contribution in [3.8, 4) is 0 Å². The third-order valence-electron chi connectivity index (χ3n) is 6.51. The largest absolute Gasteiger partial charge is 0.378 e. The number of carbonyl (C=O) groups is 3. The summed E-state index contributed by atoms with van der Waals surface area (Å²) in [5.41, 5.74) is 0.706. The number of hydrogen-bond acceptors (Lipinski definition) is 7. The van der Waals surface area contributed by atoms with Gasteiger partial charge in [0.05, 0.1) is 29.0 Å². The Hall–Kier alpha value is -3.44. The Kier molecular flexibility index (Phi) is 5.53. The van der Waals surface area contributed by atoms with Crippen molar-refractivity contribution >= 4 is 33.4 Å². The molecule has 0 bridgehead atoms. The highest BCUT2D eigenvalue weighted by atomic mass is 32.2. The summed E-state index contributed by atoms with van der Waals surface area (Å²) in [4.78, 5) is 39.3. The van der Waals surface area contributed by atoms with Gasteiger partial charge in [-0.15, -0.1) is 0 Å². The van der Waals surface area contributed by atoms with Crippen LogP contribution in [-0.4, -0.2) is 63.4 Å². The molecular weight excluding hydrogens is 460 g/mol. The Labute approximate surface area is 196 Å². The Balaban J connectivity index is 1.29. The molecule has 4 amide bonds. The standard InChI is InChI=1S/C23H24N4O6S/c28-20(24-19-9-11-33-14-23(19)21(29)25-22(30)26-23)16-7-5-15(6-8-16)13-27-10-12-34(31,32)18-4-2-1-3-17(18)27/h1-8,19H,9-14H2,(H,24,28)(H2,25,26,29,30)/t19-,23+/m1/s1. The molecule has 3 heterocycles. The van der Waals surface area contributed by atoms with Crippen LogP contribution in [0.3, 0.4) is 0 Å². The zero-order valence-electron chi connectivity index (χ0n) is 18.2. The molecule has 11 heteroatoms. The number of nitrogens with one attached hydrogen (secondary N) is 3. The number of urea groups is 1. The van der Waals surface area contributed by atoms with Crippen LogP contribution in [0.25, 0.3) is 0 Å². The number of fused-ring (bicyclic) bond motifs is 1. The minimum absolute atomic E-state index is 0.0124. The lowest BCUT2D eigenvalue weighted by molar-refractivity contribution is -0.130. The molecule has 3 aliphatic rings. The van der Waals surface area contributed by atoms with E-state index in [0.717, 1.165) is 5.56 Å². The van der Waals surface area contributed by atoms with Crippen LogP contribution in [-0.2, 0) is 25.9 Å². The molecule has 34 heavy (non-hydrogen) atoms. The highest BCUT2D eigenvalue weighted by molar-refractivity contribution is 7.91. The number of para-hydroxylation sites is 1. The second-order valence-corrected chi connectivity index (χ2v) is 10.7. The molecular formula is C23H24N4O6S. The molecule has 10 nitrogen and oxygen atoms in total. The molecule has 5 rings (SSSR count). The van der Waals surface area contributed by atoms with E-state index >= 15 is 0 Å². The number of ether oxygens (including phenoxy) is 1. The summed E-state index contributed by atoms with van der Waals surface area (Å²) in [6.45, 7) is 1.24. The molecule has 3 aliphatic heterocycles. The summed E-state index contributed by atoms with van der Waals surface area (Å²) in [5.74, 6) is -0.815. The van der Waals surface area contributed by atoms with Gasteiger partial charge >= 0.3 is 6.03 Å². The van der Waals surface area contributed by atoms with Gasteiger partial charge in [0.2, 0.25) is 0 Å². The summed E-state index contributed by atoms with van der Waals surface area (Å²) in [6, 6.07) is 12.8. The lowest BCUT2D eigenvalue weighted by atomic mass is 9.86. The highest BCUT2D eigenvalue weighted by Crippen LogP contribution is 2.31. The molecule has 2 aromatic rings. The Morgan fingerprint density at radius 1 is 1.15 bits per heavy atom. The first-order valence-electron chi connectivity index (χ1n) is 11.0. The maximum absolute atomic E-state index is 12.9. The van der Waals surface area contributed by atoms with Gasteiger partial charge in [0, 0.05) is 25.3 Å². The van der Waals surface area contributed by atoms with Crippen LogP contribution in [0.1, 0.15) is 22.3 Å². The van der Waals surface area contributed by atoms with Crippen molar-refractivity contribution in [2.75, 3.05) is 30.4 Å². The van der Waals surface area contributed by atoms with Crippen LogP contribution in [0.5, 0.6) is 0 Å². The molecule has 2 fully saturated rings. The molecule has 0 radical (unpaired) electrons. The van der Waals surface area contributed by atoms with Crippen LogP contribution in [0, 0.1) is 0 Å². The first-order valence-corrected chi connectivity index (χ1v) is 12.6. The molecule has 3 N–H and O–H groups in total. The maximum Gasteiger partial charge on any atom is 0.322 e. The van der Waals surface area contributed by atoms with E-state index in [-0.39, 0.29) is 18.3 Å². The van der Waals surface area contributed by atoms with Crippen molar-refractivity contribution in [2.24, 2.45) is 0 Å². The third kappa shape index (κ3) is 3.90. The lowest BCUT2D eigenvalue weighted by Gasteiger charge is -2.38. The average Bonchev–Trinajstić information content (AvgIpc) is 3.11. The molecule has 0 saturated carbocycles. The number of hydrogen-bond donors (Lipinski definition) is 3. The number of anilines is 1. The van der Waals surface area contributed by atoms with E-state index in [4.69, 9.17) is 4.74 Å². The van der Waals surface area contributed by atoms with E-state index in [2.05, 4.69) is 16.0 Å². The first-order chi connectivity index (χ1) is 16.3. The number of carbonyl (C=O) groups excluding carboxylic acids is 3. The zero-order valence-corrected chi connectivity index (χ0v) is 19.1. The SMILES string of the molecule is O=C1NC(=O)[C@@]2(COCC[C@H]2NC(=O)c2ccc(CN3CCS(=O)(=O)c4ccccc43)cc2)N1. The normalized spacial score (nSPS) is 25.4. The van der Waals surface area contributed by atoms with Crippen molar-refractivity contribution < 1.29 is 27.5 Å². The quantitative estimate of drug-likeness (QED) is 0.541. The number of rotatable bonds is 4. The summed E-state index contributed by atoms with van der Waals surface area (Å²) in [6.07, 6.45) is 0.384. The fourth-order valence-electron chi connectivity index (χ4n) is 4.66. The topological polar surface area (TPSA) is 134 Å². The minimum Gasteiger partial charge on any atom is -0.378 e. The van der Waals surface area contributed by atoms with Crippen LogP contribution in [0.4, 0.5) is 10.5 Å². The smallest absolute Gasteiger partial charge is 0.322 e. The van der Waals surface area contributed by atoms with Gasteiger partial charge in [-0.25, -0.2) is 13.2 Å². The number of amides is 4. The lowest BCUT2D eigenvalue weighted by Crippen LogP contribution is -2.67. The van der Waals surface area contributed by atoms with Gasteiger partial charge in [-0.05, 0) is 36.2 Å². The van der Waals surface area contributed by atoms with Crippen molar-refractivity contribution in [1.29, 1.82) is 0 Å². The maximum atomic E-state index is 12.9.